The first kappa shape index (κ1) is 56.2. The van der Waals surface area contributed by atoms with E-state index in [9.17, 15) is 46.7 Å². The van der Waals surface area contributed by atoms with Crippen molar-refractivity contribution in [1.29, 1.82) is 0 Å². The number of hydrogen-bond donors (Lipinski definition) is 5. The summed E-state index contributed by atoms with van der Waals surface area (Å²) in [6.07, 6.45) is 1.44. The van der Waals surface area contributed by atoms with E-state index in [0.29, 0.717) is 46.3 Å². The molecule has 5 N–H and O–H groups in total. The molecule has 4 amide bonds. The molecule has 418 valence electrons. The van der Waals surface area contributed by atoms with Crippen LogP contribution in [0.1, 0.15) is 86.0 Å². The summed E-state index contributed by atoms with van der Waals surface area (Å²) in [5, 5.41) is 21.7. The lowest BCUT2D eigenvalue weighted by Crippen LogP contribution is -2.53. The highest BCUT2D eigenvalue weighted by Gasteiger charge is 2.46. The molecule has 0 bridgehead atoms. The number of rotatable bonds is 25. The highest BCUT2D eigenvalue weighted by atomic mass is 32.2. The predicted octanol–water partition coefficient (Wildman–Crippen LogP) is 3.31. The van der Waals surface area contributed by atoms with Crippen LogP contribution in [0.5, 0.6) is 5.75 Å². The number of sulfone groups is 1. The zero-order valence-corrected chi connectivity index (χ0v) is 44.8. The van der Waals surface area contributed by atoms with Crippen LogP contribution >= 0.6 is 11.3 Å². The molecule has 78 heavy (non-hydrogen) atoms. The maximum absolute atomic E-state index is 16.1. The predicted molar refractivity (Wildman–Crippen MR) is 277 cm³/mol. The number of carbonyl (C=O) groups is 5. The lowest BCUT2D eigenvalue weighted by molar-refractivity contribution is -0.172. The van der Waals surface area contributed by atoms with Crippen LogP contribution in [0.25, 0.3) is 32.5 Å². The van der Waals surface area contributed by atoms with Crippen LogP contribution in [0, 0.1) is 17.6 Å². The quantitative estimate of drug-likeness (QED) is 0.0406. The minimum atomic E-state index is -3.54. The molecule has 3 aromatic heterocycles. The Hall–Kier alpha value is -6.55. The summed E-state index contributed by atoms with van der Waals surface area (Å²) in [4.78, 5) is 87.8. The van der Waals surface area contributed by atoms with Crippen molar-refractivity contribution in [2.75, 3.05) is 71.3 Å². The number of ether oxygens (including phenoxy) is 6. The molecule has 3 atom stereocenters. The van der Waals surface area contributed by atoms with Gasteiger partial charge < -0.3 is 59.4 Å². The fourth-order valence-corrected chi connectivity index (χ4v) is 12.6. The molecule has 3 aliphatic heterocycles. The number of pyridine rings is 2. The van der Waals surface area contributed by atoms with Crippen molar-refractivity contribution in [3.05, 3.63) is 74.1 Å². The van der Waals surface area contributed by atoms with Gasteiger partial charge in [0.1, 0.15) is 30.2 Å². The third-order valence-corrected chi connectivity index (χ3v) is 17.6. The topological polar surface area (TPSA) is 291 Å². The Morgan fingerprint density at radius 2 is 1.54 bits per heavy atom. The van der Waals surface area contributed by atoms with Crippen molar-refractivity contribution in [1.82, 2.24) is 30.5 Å². The van der Waals surface area contributed by atoms with E-state index < -0.39 is 79.6 Å². The molecular weight excluding hydrogens is 1060 g/mol. The zero-order chi connectivity index (χ0) is 55.6. The van der Waals surface area contributed by atoms with Gasteiger partial charge in [0.2, 0.25) is 31.9 Å². The van der Waals surface area contributed by atoms with Gasteiger partial charge in [0.05, 0.1) is 110 Å². The van der Waals surface area contributed by atoms with Gasteiger partial charge in [-0.2, -0.15) is 0 Å². The van der Waals surface area contributed by atoms with Gasteiger partial charge in [0.15, 0.2) is 17.2 Å². The number of cyclic esters (lactones) is 1. The molecule has 0 saturated heterocycles. The second-order valence-electron chi connectivity index (χ2n) is 19.6. The molecule has 0 radical (unpaired) electrons. The molecule has 22 nitrogen and oxygen atoms in total. The van der Waals surface area contributed by atoms with Gasteiger partial charge >= 0.3 is 5.97 Å². The van der Waals surface area contributed by atoms with Gasteiger partial charge in [-0.15, -0.1) is 11.3 Å². The Morgan fingerprint density at radius 3 is 2.22 bits per heavy atom. The van der Waals surface area contributed by atoms with E-state index in [1.807, 2.05) is 0 Å². The number of esters is 1. The van der Waals surface area contributed by atoms with E-state index in [1.165, 1.54) is 17.6 Å². The summed E-state index contributed by atoms with van der Waals surface area (Å²) in [5.41, 5.74) is -0.0730. The van der Waals surface area contributed by atoms with Crippen LogP contribution < -0.4 is 31.6 Å². The molecule has 4 aliphatic rings. The summed E-state index contributed by atoms with van der Waals surface area (Å²) in [5.74, 6) is -5.41. The molecule has 9 rings (SSSR count). The maximum atomic E-state index is 16.1. The van der Waals surface area contributed by atoms with Crippen LogP contribution in [0.2, 0.25) is 0 Å². The number of thiazole rings is 1. The van der Waals surface area contributed by atoms with Gasteiger partial charge in [0.25, 0.3) is 11.5 Å². The molecule has 2 aromatic carbocycles. The summed E-state index contributed by atoms with van der Waals surface area (Å²) >= 11 is 0.919. The number of halogens is 2. The fraction of sp³-hybridized carbons (Fsp3) is 0.500. The van der Waals surface area contributed by atoms with E-state index >= 15 is 4.39 Å². The van der Waals surface area contributed by atoms with Gasteiger partial charge in [-0.3, -0.25) is 24.0 Å². The van der Waals surface area contributed by atoms with Crippen molar-refractivity contribution < 1.29 is 74.7 Å². The lowest BCUT2D eigenvalue weighted by atomic mass is 9.86. The number of fused-ring (bicyclic) bond motifs is 6. The third-order valence-electron chi connectivity index (χ3n) is 13.9. The maximum Gasteiger partial charge on any atom is 0.343 e. The molecule has 26 heteroatoms. The molecule has 1 fully saturated rings. The Labute approximate surface area is 449 Å². The zero-order valence-electron chi connectivity index (χ0n) is 43.2. The number of nitrogens with one attached hydrogen (secondary N) is 4. The van der Waals surface area contributed by atoms with Crippen LogP contribution in [0.4, 0.5) is 14.5 Å². The monoisotopic (exact) mass is 1120 g/mol. The first-order chi connectivity index (χ1) is 37.3. The van der Waals surface area contributed by atoms with Crippen LogP contribution in [0.15, 0.2) is 33.4 Å². The number of nitrogens with zero attached hydrogens (tertiary/aromatic N) is 3. The van der Waals surface area contributed by atoms with Gasteiger partial charge in [-0.1, -0.05) is 20.8 Å². The van der Waals surface area contributed by atoms with Crippen molar-refractivity contribution in [3.63, 3.8) is 0 Å². The van der Waals surface area contributed by atoms with Crippen molar-refractivity contribution in [3.8, 4) is 17.1 Å². The Balaban J connectivity index is 0.661. The SMILES string of the molecule is CC[C@@]1(O)C(=O)OCc2c1cc1n(c2=O)Cc2c-1nc1cc(F)c(NC(=O)[C@H](C)NC(=O)[C@@H](NC(=O)CCOCCOCCOCCOCCNC(=O)c3cc4sc(S(=O)(=O)C5CC5)nc4cc3F)C(C)C)c3c1c2CCO3. The normalized spacial score (nSPS) is 17.2. The number of aliphatic hydroxyl groups is 1. The van der Waals surface area contributed by atoms with Crippen molar-refractivity contribution >= 4 is 77.6 Å². The number of hydrogen-bond acceptors (Lipinski definition) is 18. The number of benzene rings is 2. The number of amides is 4. The van der Waals surface area contributed by atoms with E-state index in [4.69, 9.17) is 33.4 Å². The van der Waals surface area contributed by atoms with E-state index in [2.05, 4.69) is 26.3 Å². The van der Waals surface area contributed by atoms with Gasteiger partial charge in [0, 0.05) is 48.0 Å². The number of aromatic nitrogens is 3. The Morgan fingerprint density at radius 1 is 0.859 bits per heavy atom. The minimum Gasteiger partial charge on any atom is -0.490 e. The molecule has 1 aliphatic carbocycles. The standard InChI is InChI=1S/C52H59F2N7O15S2/c1-5-52(68)33-21-38-43-31(24-61(38)49(66)32(33)25-76-50(52)67)29-8-12-75-45-41(29)37(57-43)23-35(54)44(45)60-46(63)27(4)56-48(65)42(26(2)3)59-40(62)9-11-71-14-16-73-18-19-74-17-15-72-13-10-55-47(64)30-20-39-36(22-34(30)53)58-51(77-39)78(69,70)28-6-7-28/h20-23,26-28,42,68H,5-19,24-25H2,1-4H3,(H,55,64)(H,56,65)(H,59,62)(H,60,63)/t27-,42-,52-/m0/s1. The first-order valence-corrected chi connectivity index (χ1v) is 28.0. The fourth-order valence-electron chi connectivity index (χ4n) is 9.44. The largest absolute Gasteiger partial charge is 0.490 e. The average Bonchev–Trinajstić information content (AvgIpc) is 4.29. The van der Waals surface area contributed by atoms with E-state index in [-0.39, 0.29) is 141 Å². The third kappa shape index (κ3) is 11.5. The summed E-state index contributed by atoms with van der Waals surface area (Å²) in [6.45, 7) is 8.08. The minimum absolute atomic E-state index is 0.0274. The molecule has 1 saturated carbocycles. The first-order valence-electron chi connectivity index (χ1n) is 25.6. The molecule has 5 aromatic rings. The summed E-state index contributed by atoms with van der Waals surface area (Å²) < 4.78 is 90.7. The lowest BCUT2D eigenvalue weighted by Gasteiger charge is -2.31. The second-order valence-corrected chi connectivity index (χ2v) is 23.0. The molecule has 0 spiro atoms. The number of carbonyl (C=O) groups excluding carboxylic acids is 5. The Kier molecular flexibility index (Phi) is 16.9. The highest BCUT2D eigenvalue weighted by Crippen LogP contribution is 2.46. The molecule has 6 heterocycles. The Bertz CT molecular complexity index is 3390. The smallest absolute Gasteiger partial charge is 0.343 e. The van der Waals surface area contributed by atoms with Crippen molar-refractivity contribution in [2.24, 2.45) is 5.92 Å². The summed E-state index contributed by atoms with van der Waals surface area (Å²) in [7, 11) is -3.54. The second kappa shape index (κ2) is 23.4. The van der Waals surface area contributed by atoms with E-state index in [0.717, 1.165) is 29.0 Å². The highest BCUT2D eigenvalue weighted by molar-refractivity contribution is 7.94. The molecular formula is C52H59F2N7O15S2. The summed E-state index contributed by atoms with van der Waals surface area (Å²) in [6, 6.07) is 2.88. The molecule has 0 unspecified atom stereocenters. The number of anilines is 1. The van der Waals surface area contributed by atoms with Gasteiger partial charge in [-0.05, 0) is 49.8 Å². The van der Waals surface area contributed by atoms with E-state index in [1.54, 1.807) is 26.8 Å². The van der Waals surface area contributed by atoms with Crippen molar-refractivity contribution in [2.45, 2.75) is 100 Å². The van der Waals surface area contributed by atoms with Crippen LogP contribution in [-0.2, 0) is 77.9 Å². The van der Waals surface area contributed by atoms with Crippen LogP contribution in [0.3, 0.4) is 0 Å². The average molecular weight is 1120 g/mol. The van der Waals surface area contributed by atoms with Crippen LogP contribution in [-0.4, -0.2) is 141 Å². The van der Waals surface area contributed by atoms with Gasteiger partial charge in [-0.25, -0.2) is 32.0 Å².